The van der Waals surface area contributed by atoms with Gasteiger partial charge in [0.1, 0.15) is 6.10 Å². The Morgan fingerprint density at radius 3 is 2.35 bits per heavy atom. The molecule has 0 radical (unpaired) electrons. The maximum atomic E-state index is 10.2. The molecule has 1 unspecified atom stereocenters. The van der Waals surface area contributed by atoms with Gasteiger partial charge in [0.15, 0.2) is 0 Å². The number of hydrogen-bond donors (Lipinski definition) is 1. The molecule has 2 rings (SSSR count). The fourth-order valence-corrected chi connectivity index (χ4v) is 3.96. The molecule has 1 N–H and O–H groups in total. The van der Waals surface area contributed by atoms with E-state index >= 15 is 0 Å². The third-order valence-corrected chi connectivity index (χ3v) is 6.72. The normalized spacial score (nSPS) is 12.8. The number of halogens is 4. The van der Waals surface area contributed by atoms with Crippen LogP contribution in [0.3, 0.4) is 0 Å². The highest BCUT2D eigenvalue weighted by atomic mass is 79.9. The van der Waals surface area contributed by atoms with Gasteiger partial charge in [0.05, 0.1) is 8.81 Å². The SMILES string of the molecule is OC(c1ccc(Cl)c(Br)c1)c1cc(Br)c(Br)s1. The minimum absolute atomic E-state index is 0.634. The summed E-state index contributed by atoms with van der Waals surface area (Å²) in [5.41, 5.74) is 0.808. The molecular formula is C11H6Br3ClOS. The van der Waals surface area contributed by atoms with Gasteiger partial charge in [-0.1, -0.05) is 17.7 Å². The van der Waals surface area contributed by atoms with Crippen molar-refractivity contribution in [3.8, 4) is 0 Å². The quantitative estimate of drug-likeness (QED) is 0.602. The maximum Gasteiger partial charge on any atom is 0.113 e. The standard InChI is InChI=1S/C11H6Br3ClOS/c12-6-3-5(1-2-8(6)15)10(16)9-4-7(13)11(14)17-9/h1-4,10,16H. The van der Waals surface area contributed by atoms with E-state index in [9.17, 15) is 5.11 Å². The summed E-state index contributed by atoms with van der Waals surface area (Å²) in [6, 6.07) is 7.32. The number of hydrogen-bond acceptors (Lipinski definition) is 2. The first-order chi connectivity index (χ1) is 7.99. The van der Waals surface area contributed by atoms with Crippen molar-refractivity contribution < 1.29 is 5.11 Å². The molecule has 90 valence electrons. The molecule has 6 heteroatoms. The van der Waals surface area contributed by atoms with E-state index in [1.807, 2.05) is 18.2 Å². The van der Waals surface area contributed by atoms with Crippen molar-refractivity contribution in [2.24, 2.45) is 0 Å². The Bertz CT molecular complexity index is 536. The van der Waals surface area contributed by atoms with Gasteiger partial charge < -0.3 is 5.11 Å². The van der Waals surface area contributed by atoms with Crippen LogP contribution in [0.4, 0.5) is 0 Å². The molecule has 1 aromatic carbocycles. The summed E-state index contributed by atoms with van der Waals surface area (Å²) in [5.74, 6) is 0. The van der Waals surface area contributed by atoms with Crippen LogP contribution >= 0.6 is 70.7 Å². The van der Waals surface area contributed by atoms with Crippen molar-refractivity contribution in [1.82, 2.24) is 0 Å². The van der Waals surface area contributed by atoms with Crippen LogP contribution in [-0.2, 0) is 0 Å². The molecule has 17 heavy (non-hydrogen) atoms. The molecule has 1 aromatic heterocycles. The van der Waals surface area contributed by atoms with E-state index in [-0.39, 0.29) is 0 Å². The van der Waals surface area contributed by atoms with Gasteiger partial charge in [-0.25, -0.2) is 0 Å². The lowest BCUT2D eigenvalue weighted by Crippen LogP contribution is -1.96. The predicted octanol–water partition coefficient (Wildman–Crippen LogP) is 5.77. The highest BCUT2D eigenvalue weighted by Crippen LogP contribution is 2.38. The summed E-state index contributed by atoms with van der Waals surface area (Å²) in [6.45, 7) is 0. The molecule has 1 heterocycles. The molecule has 0 aliphatic rings. The molecule has 0 saturated carbocycles. The third kappa shape index (κ3) is 3.14. The first-order valence-corrected chi connectivity index (χ1v) is 8.14. The highest BCUT2D eigenvalue weighted by molar-refractivity contribution is 9.13. The minimum Gasteiger partial charge on any atom is -0.383 e. The van der Waals surface area contributed by atoms with E-state index < -0.39 is 6.10 Å². The highest BCUT2D eigenvalue weighted by Gasteiger charge is 2.15. The van der Waals surface area contributed by atoms with Crippen LogP contribution in [0.25, 0.3) is 0 Å². The summed E-state index contributed by atoms with van der Waals surface area (Å²) in [5, 5.41) is 10.9. The topological polar surface area (TPSA) is 20.2 Å². The summed E-state index contributed by atoms with van der Waals surface area (Å²) in [7, 11) is 0. The summed E-state index contributed by atoms with van der Waals surface area (Å²) in [4.78, 5) is 0.873. The van der Waals surface area contributed by atoms with Crippen molar-refractivity contribution >= 4 is 70.7 Å². The second-order valence-electron chi connectivity index (χ2n) is 3.35. The van der Waals surface area contributed by atoms with Crippen molar-refractivity contribution in [3.63, 3.8) is 0 Å². The van der Waals surface area contributed by atoms with Crippen LogP contribution in [0.5, 0.6) is 0 Å². The van der Waals surface area contributed by atoms with Crippen LogP contribution < -0.4 is 0 Å². The average Bonchev–Trinajstić information content (AvgIpc) is 2.62. The van der Waals surface area contributed by atoms with Crippen molar-refractivity contribution in [1.29, 1.82) is 0 Å². The van der Waals surface area contributed by atoms with Gasteiger partial charge in [-0.3, -0.25) is 0 Å². The predicted molar refractivity (Wildman–Crippen MR) is 82.9 cm³/mol. The van der Waals surface area contributed by atoms with Gasteiger partial charge in [0.25, 0.3) is 0 Å². The number of aliphatic hydroxyl groups excluding tert-OH is 1. The largest absolute Gasteiger partial charge is 0.383 e. The van der Waals surface area contributed by atoms with Gasteiger partial charge >= 0.3 is 0 Å². The molecule has 0 saturated heterocycles. The monoisotopic (exact) mass is 458 g/mol. The van der Waals surface area contributed by atoms with E-state index in [0.717, 1.165) is 23.2 Å². The molecule has 1 atom stereocenters. The van der Waals surface area contributed by atoms with E-state index in [1.165, 1.54) is 11.3 Å². The van der Waals surface area contributed by atoms with E-state index in [4.69, 9.17) is 11.6 Å². The molecule has 0 aliphatic heterocycles. The van der Waals surface area contributed by atoms with Gasteiger partial charge in [-0.2, -0.15) is 0 Å². The Labute approximate surface area is 133 Å². The maximum absolute atomic E-state index is 10.2. The lowest BCUT2D eigenvalue weighted by atomic mass is 10.1. The molecule has 0 fully saturated rings. The average molecular weight is 461 g/mol. The number of thiophene rings is 1. The van der Waals surface area contributed by atoms with Crippen LogP contribution in [0.15, 0.2) is 37.0 Å². The Balaban J connectivity index is 2.36. The summed E-state index contributed by atoms with van der Waals surface area (Å²) >= 11 is 17.6. The van der Waals surface area contributed by atoms with Crippen LogP contribution in [0.2, 0.25) is 5.02 Å². The Kier molecular flexibility index (Phi) is 4.72. The Morgan fingerprint density at radius 2 is 1.82 bits per heavy atom. The first kappa shape index (κ1) is 14.0. The molecule has 0 bridgehead atoms. The number of benzene rings is 1. The summed E-state index contributed by atoms with van der Waals surface area (Å²) < 4.78 is 2.70. The first-order valence-electron chi connectivity index (χ1n) is 4.57. The lowest BCUT2D eigenvalue weighted by molar-refractivity contribution is 0.224. The molecule has 0 aliphatic carbocycles. The number of rotatable bonds is 2. The van der Waals surface area contributed by atoms with Gasteiger partial charge in [0, 0.05) is 13.8 Å². The van der Waals surface area contributed by atoms with E-state index in [0.29, 0.717) is 5.02 Å². The van der Waals surface area contributed by atoms with E-state index in [1.54, 1.807) is 6.07 Å². The zero-order chi connectivity index (χ0) is 12.6. The van der Waals surface area contributed by atoms with Crippen molar-refractivity contribution in [2.45, 2.75) is 6.10 Å². The fourth-order valence-electron chi connectivity index (χ4n) is 1.34. The number of aliphatic hydroxyl groups is 1. The zero-order valence-corrected chi connectivity index (χ0v) is 14.6. The second kappa shape index (κ2) is 5.72. The molecular weight excluding hydrogens is 455 g/mol. The third-order valence-electron chi connectivity index (χ3n) is 2.19. The lowest BCUT2D eigenvalue weighted by Gasteiger charge is -2.09. The van der Waals surface area contributed by atoms with Crippen molar-refractivity contribution in [3.05, 3.63) is 52.5 Å². The molecule has 1 nitrogen and oxygen atoms in total. The zero-order valence-electron chi connectivity index (χ0n) is 8.25. The van der Waals surface area contributed by atoms with Gasteiger partial charge in [-0.05, 0) is 71.6 Å². The van der Waals surface area contributed by atoms with E-state index in [2.05, 4.69) is 47.8 Å². The van der Waals surface area contributed by atoms with Crippen LogP contribution in [0.1, 0.15) is 16.5 Å². The molecule has 0 spiro atoms. The smallest absolute Gasteiger partial charge is 0.113 e. The summed E-state index contributed by atoms with van der Waals surface area (Å²) in [6.07, 6.45) is -0.642. The van der Waals surface area contributed by atoms with Crippen molar-refractivity contribution in [2.75, 3.05) is 0 Å². The molecule has 2 aromatic rings. The molecule has 0 amide bonds. The van der Waals surface area contributed by atoms with Crippen LogP contribution in [0, 0.1) is 0 Å². The van der Waals surface area contributed by atoms with Gasteiger partial charge in [0.2, 0.25) is 0 Å². The van der Waals surface area contributed by atoms with Crippen LogP contribution in [-0.4, -0.2) is 5.11 Å². The van der Waals surface area contributed by atoms with Gasteiger partial charge in [-0.15, -0.1) is 11.3 Å². The Morgan fingerprint density at radius 1 is 1.12 bits per heavy atom. The fraction of sp³-hybridized carbons (Fsp3) is 0.0909. The second-order valence-corrected chi connectivity index (χ2v) is 7.86. The Hall–Kier alpha value is 0.610. The minimum atomic E-state index is -0.642.